The second-order valence-corrected chi connectivity index (χ2v) is 5.52. The van der Waals surface area contributed by atoms with Crippen LogP contribution in [0.15, 0.2) is 69.2 Å². The lowest BCUT2D eigenvalue weighted by Crippen LogP contribution is -2.33. The Hall–Kier alpha value is -3.48. The van der Waals surface area contributed by atoms with E-state index in [4.69, 9.17) is 0 Å². The van der Waals surface area contributed by atoms with Crippen LogP contribution in [0.5, 0.6) is 5.88 Å². The highest BCUT2D eigenvalue weighted by atomic mass is 19.1. The van der Waals surface area contributed by atoms with Gasteiger partial charge in [-0.1, -0.05) is 25.1 Å². The quantitative estimate of drug-likeness (QED) is 0.707. The van der Waals surface area contributed by atoms with Gasteiger partial charge in [-0.25, -0.2) is 13.8 Å². The van der Waals surface area contributed by atoms with E-state index in [-0.39, 0.29) is 11.3 Å². The van der Waals surface area contributed by atoms with Crippen molar-refractivity contribution < 1.29 is 9.50 Å². The SMILES string of the molecule is CCC(=Nc1ccc(F)cc1)c1c(O)n(-c2ccccc2)c(=O)[nH]c1=O. The minimum Gasteiger partial charge on any atom is -0.493 e. The predicted molar refractivity (Wildman–Crippen MR) is 97.2 cm³/mol. The average molecular weight is 353 g/mol. The fourth-order valence-corrected chi connectivity index (χ4v) is 2.58. The van der Waals surface area contributed by atoms with Crippen LogP contribution in [-0.4, -0.2) is 20.4 Å². The molecule has 3 aromatic rings. The molecule has 0 bridgehead atoms. The number of hydrogen-bond acceptors (Lipinski definition) is 4. The van der Waals surface area contributed by atoms with Gasteiger partial charge in [0.05, 0.1) is 17.1 Å². The predicted octanol–water partition coefficient (Wildman–Crippen LogP) is 2.90. The van der Waals surface area contributed by atoms with E-state index < -0.39 is 22.9 Å². The summed E-state index contributed by atoms with van der Waals surface area (Å²) >= 11 is 0. The van der Waals surface area contributed by atoms with Crippen molar-refractivity contribution in [2.75, 3.05) is 0 Å². The van der Waals surface area contributed by atoms with Gasteiger partial charge in [-0.3, -0.25) is 14.8 Å². The Balaban J connectivity index is 2.22. The molecule has 132 valence electrons. The van der Waals surface area contributed by atoms with Gasteiger partial charge in [0.25, 0.3) is 5.56 Å². The second kappa shape index (κ2) is 7.18. The number of nitrogens with zero attached hydrogens (tertiary/aromatic N) is 2. The van der Waals surface area contributed by atoms with Crippen molar-refractivity contribution in [2.45, 2.75) is 13.3 Å². The molecule has 0 saturated carbocycles. The molecule has 0 spiro atoms. The summed E-state index contributed by atoms with van der Waals surface area (Å²) in [6, 6.07) is 13.9. The van der Waals surface area contributed by atoms with Crippen molar-refractivity contribution in [1.29, 1.82) is 0 Å². The van der Waals surface area contributed by atoms with Crippen molar-refractivity contribution in [2.24, 2.45) is 4.99 Å². The van der Waals surface area contributed by atoms with E-state index in [1.807, 2.05) is 0 Å². The van der Waals surface area contributed by atoms with Crippen molar-refractivity contribution in [3.63, 3.8) is 0 Å². The molecule has 7 heteroatoms. The highest BCUT2D eigenvalue weighted by Gasteiger charge is 2.19. The van der Waals surface area contributed by atoms with E-state index in [2.05, 4.69) is 9.98 Å². The molecule has 0 aliphatic carbocycles. The molecule has 2 aromatic carbocycles. The molecule has 2 N–H and O–H groups in total. The molecular weight excluding hydrogens is 337 g/mol. The van der Waals surface area contributed by atoms with Crippen LogP contribution in [0.2, 0.25) is 0 Å². The minimum absolute atomic E-state index is 0.0970. The number of hydrogen-bond donors (Lipinski definition) is 2. The number of rotatable bonds is 4. The van der Waals surface area contributed by atoms with Gasteiger partial charge in [-0.05, 0) is 42.8 Å². The lowest BCUT2D eigenvalue weighted by Gasteiger charge is -2.12. The van der Waals surface area contributed by atoms with Gasteiger partial charge >= 0.3 is 5.69 Å². The maximum atomic E-state index is 13.1. The maximum Gasteiger partial charge on any atom is 0.335 e. The van der Waals surface area contributed by atoms with Crippen LogP contribution in [0, 0.1) is 5.82 Å². The fraction of sp³-hybridized carbons (Fsp3) is 0.105. The van der Waals surface area contributed by atoms with Crippen LogP contribution >= 0.6 is 0 Å². The zero-order chi connectivity index (χ0) is 18.7. The van der Waals surface area contributed by atoms with Gasteiger partial charge in [0.15, 0.2) is 0 Å². The molecule has 0 fully saturated rings. The summed E-state index contributed by atoms with van der Waals surface area (Å²) in [4.78, 5) is 31.0. The molecule has 3 rings (SSSR count). The third kappa shape index (κ3) is 3.32. The number of para-hydroxylation sites is 1. The van der Waals surface area contributed by atoms with E-state index in [0.717, 1.165) is 4.57 Å². The molecule has 6 nitrogen and oxygen atoms in total. The summed E-state index contributed by atoms with van der Waals surface area (Å²) in [5.74, 6) is -0.895. The number of aromatic hydroxyl groups is 1. The average Bonchev–Trinajstić information content (AvgIpc) is 2.63. The molecule has 0 atom stereocenters. The Labute approximate surface area is 147 Å². The van der Waals surface area contributed by atoms with Gasteiger partial charge < -0.3 is 5.11 Å². The number of aromatic amines is 1. The number of aliphatic imine (C=N–C) groups is 1. The normalized spacial score (nSPS) is 11.5. The van der Waals surface area contributed by atoms with Crippen molar-refractivity contribution in [3.05, 3.63) is 86.8 Å². The van der Waals surface area contributed by atoms with Gasteiger partial charge in [0.1, 0.15) is 11.4 Å². The molecule has 0 amide bonds. The Kier molecular flexibility index (Phi) is 4.79. The molecule has 0 radical (unpaired) electrons. The van der Waals surface area contributed by atoms with Gasteiger partial charge in [-0.2, -0.15) is 0 Å². The monoisotopic (exact) mass is 353 g/mol. The standard InChI is InChI=1S/C19H16FN3O3/c1-2-15(21-13-10-8-12(20)9-11-13)16-17(24)22-19(26)23(18(16)25)14-6-4-3-5-7-14/h3-11,25H,2H2,1H3,(H,22,24,26). The Bertz CT molecular complexity index is 1070. The number of H-pyrrole nitrogens is 1. The highest BCUT2D eigenvalue weighted by molar-refractivity contribution is 6.03. The largest absolute Gasteiger partial charge is 0.493 e. The van der Waals surface area contributed by atoms with Gasteiger partial charge in [-0.15, -0.1) is 0 Å². The molecular formula is C19H16FN3O3. The molecule has 1 aromatic heterocycles. The Morgan fingerprint density at radius 2 is 1.77 bits per heavy atom. The first-order valence-corrected chi connectivity index (χ1v) is 7.98. The summed E-state index contributed by atoms with van der Waals surface area (Å²) in [7, 11) is 0. The Morgan fingerprint density at radius 3 is 2.38 bits per heavy atom. The fourth-order valence-electron chi connectivity index (χ4n) is 2.58. The van der Waals surface area contributed by atoms with Crippen LogP contribution in [0.25, 0.3) is 5.69 Å². The van der Waals surface area contributed by atoms with Crippen molar-refractivity contribution in [1.82, 2.24) is 9.55 Å². The molecule has 26 heavy (non-hydrogen) atoms. The molecule has 0 aliphatic rings. The van der Waals surface area contributed by atoms with Crippen LogP contribution in [0.4, 0.5) is 10.1 Å². The summed E-state index contributed by atoms with van der Waals surface area (Å²) < 4.78 is 14.1. The molecule has 0 unspecified atom stereocenters. The highest BCUT2D eigenvalue weighted by Crippen LogP contribution is 2.21. The third-order valence-electron chi connectivity index (χ3n) is 3.81. The first-order valence-electron chi connectivity index (χ1n) is 7.98. The smallest absolute Gasteiger partial charge is 0.335 e. The van der Waals surface area contributed by atoms with Crippen LogP contribution in [0.3, 0.4) is 0 Å². The van der Waals surface area contributed by atoms with Gasteiger partial charge in [0, 0.05) is 0 Å². The number of benzene rings is 2. The molecule has 0 saturated heterocycles. The van der Waals surface area contributed by atoms with E-state index >= 15 is 0 Å². The van der Waals surface area contributed by atoms with E-state index in [1.165, 1.54) is 24.3 Å². The number of aromatic nitrogens is 2. The topological polar surface area (TPSA) is 87.4 Å². The number of halogens is 1. The lowest BCUT2D eigenvalue weighted by atomic mass is 10.1. The number of nitrogens with one attached hydrogen (secondary N) is 1. The molecule has 1 heterocycles. The minimum atomic E-state index is -0.750. The zero-order valence-corrected chi connectivity index (χ0v) is 13.9. The van der Waals surface area contributed by atoms with Crippen LogP contribution in [0.1, 0.15) is 18.9 Å². The maximum absolute atomic E-state index is 13.1. The lowest BCUT2D eigenvalue weighted by molar-refractivity contribution is 0.429. The third-order valence-corrected chi connectivity index (χ3v) is 3.81. The zero-order valence-electron chi connectivity index (χ0n) is 13.9. The summed E-state index contributed by atoms with van der Waals surface area (Å²) in [6.07, 6.45) is 0.320. The molecule has 0 aliphatic heterocycles. The van der Waals surface area contributed by atoms with Gasteiger partial charge in [0.2, 0.25) is 5.88 Å². The van der Waals surface area contributed by atoms with E-state index in [0.29, 0.717) is 17.8 Å². The van der Waals surface area contributed by atoms with E-state index in [1.54, 1.807) is 37.3 Å². The van der Waals surface area contributed by atoms with Crippen LogP contribution < -0.4 is 11.2 Å². The first-order chi connectivity index (χ1) is 12.5. The second-order valence-electron chi connectivity index (χ2n) is 5.52. The summed E-state index contributed by atoms with van der Waals surface area (Å²) in [6.45, 7) is 1.76. The first kappa shape index (κ1) is 17.3. The summed E-state index contributed by atoms with van der Waals surface area (Å²) in [5, 5.41) is 10.6. The van der Waals surface area contributed by atoms with Crippen LogP contribution in [-0.2, 0) is 0 Å². The summed E-state index contributed by atoms with van der Waals surface area (Å²) in [5.41, 5.74) is -0.466. The Morgan fingerprint density at radius 1 is 1.12 bits per heavy atom. The van der Waals surface area contributed by atoms with E-state index in [9.17, 15) is 19.1 Å². The van der Waals surface area contributed by atoms with Crippen molar-refractivity contribution in [3.8, 4) is 11.6 Å². The van der Waals surface area contributed by atoms with Crippen molar-refractivity contribution >= 4 is 11.4 Å².